The quantitative estimate of drug-likeness (QED) is 0.533. The topological polar surface area (TPSA) is 66.9 Å². The van der Waals surface area contributed by atoms with Gasteiger partial charge in [0.25, 0.3) is 5.75 Å². The molecule has 0 unspecified atom stereocenters. The predicted octanol–water partition coefficient (Wildman–Crippen LogP) is 0.702. The van der Waals surface area contributed by atoms with Gasteiger partial charge in [0.05, 0.1) is 23.8 Å². The van der Waals surface area contributed by atoms with Crippen LogP contribution in [-0.2, 0) is 0 Å². The van der Waals surface area contributed by atoms with E-state index in [2.05, 4.69) is 0 Å². The number of aromatic hydroxyl groups is 1. The van der Waals surface area contributed by atoms with Crippen molar-refractivity contribution in [2.24, 2.45) is 0 Å². The number of phenolic OH excluding ortho intramolecular Hbond substituents is 1. The monoisotopic (exact) mass is 136 g/mol. The zero-order valence-corrected chi connectivity index (χ0v) is 5.13. The first-order chi connectivity index (χ1) is 4.72. The zero-order chi connectivity index (χ0) is 7.56. The van der Waals surface area contributed by atoms with Gasteiger partial charge in [0.1, 0.15) is 5.75 Å². The third kappa shape index (κ3) is 1.17. The SMILES string of the molecule is N#Cc1cc(O)cc([OH2+])c1. The van der Waals surface area contributed by atoms with E-state index in [9.17, 15) is 0 Å². The van der Waals surface area contributed by atoms with Crippen LogP contribution in [0.3, 0.4) is 0 Å². The van der Waals surface area contributed by atoms with E-state index in [1.54, 1.807) is 0 Å². The molecular formula is C7H6NO2+. The molecular weight excluding hydrogens is 130 g/mol. The molecule has 0 heterocycles. The van der Waals surface area contributed by atoms with Gasteiger partial charge in [-0.05, 0) is 6.07 Å². The number of hydrogen-bond acceptors (Lipinski definition) is 2. The van der Waals surface area contributed by atoms with Crippen molar-refractivity contribution in [3.8, 4) is 17.6 Å². The van der Waals surface area contributed by atoms with Crippen molar-refractivity contribution in [2.75, 3.05) is 0 Å². The average Bonchev–Trinajstić information content (AvgIpc) is 1.85. The van der Waals surface area contributed by atoms with Gasteiger partial charge in [-0.3, -0.25) is 0 Å². The van der Waals surface area contributed by atoms with Crippen molar-refractivity contribution in [1.29, 1.82) is 5.26 Å². The Labute approximate surface area is 57.8 Å². The lowest BCUT2D eigenvalue weighted by Crippen LogP contribution is -1.72. The van der Waals surface area contributed by atoms with Gasteiger partial charge in [0, 0.05) is 0 Å². The fourth-order valence-electron chi connectivity index (χ4n) is 0.676. The van der Waals surface area contributed by atoms with Crippen molar-refractivity contribution in [3.05, 3.63) is 23.8 Å². The highest BCUT2D eigenvalue weighted by molar-refractivity contribution is 5.42. The van der Waals surface area contributed by atoms with E-state index < -0.39 is 0 Å². The Morgan fingerprint density at radius 2 is 2.10 bits per heavy atom. The summed E-state index contributed by atoms with van der Waals surface area (Å²) in [5, 5.41) is 24.3. The highest BCUT2D eigenvalue weighted by Gasteiger charge is 1.99. The van der Waals surface area contributed by atoms with Crippen LogP contribution in [0.4, 0.5) is 0 Å². The number of nitriles is 1. The maximum Gasteiger partial charge on any atom is 0.258 e. The van der Waals surface area contributed by atoms with Gasteiger partial charge in [-0.25, -0.2) is 0 Å². The molecule has 0 fully saturated rings. The second kappa shape index (κ2) is 2.28. The normalized spacial score (nSPS) is 8.70. The van der Waals surface area contributed by atoms with Gasteiger partial charge in [0.15, 0.2) is 0 Å². The van der Waals surface area contributed by atoms with Gasteiger partial charge in [0.2, 0.25) is 0 Å². The molecule has 0 amide bonds. The molecule has 0 saturated heterocycles. The molecule has 0 aromatic heterocycles. The summed E-state index contributed by atoms with van der Waals surface area (Å²) in [4.78, 5) is 0. The van der Waals surface area contributed by atoms with Gasteiger partial charge < -0.3 is 10.2 Å². The highest BCUT2D eigenvalue weighted by Crippen LogP contribution is 2.19. The van der Waals surface area contributed by atoms with Crippen LogP contribution in [0.2, 0.25) is 0 Å². The molecule has 1 rings (SSSR count). The molecule has 0 saturated carbocycles. The molecule has 0 radical (unpaired) electrons. The molecule has 0 atom stereocenters. The van der Waals surface area contributed by atoms with Gasteiger partial charge in [-0.15, -0.1) is 0 Å². The van der Waals surface area contributed by atoms with Gasteiger partial charge in [-0.1, -0.05) is 0 Å². The lowest BCUT2D eigenvalue weighted by atomic mass is 10.2. The first-order valence-electron chi connectivity index (χ1n) is 2.68. The van der Waals surface area contributed by atoms with Crippen LogP contribution in [0.5, 0.6) is 11.5 Å². The summed E-state index contributed by atoms with van der Waals surface area (Å²) in [5.41, 5.74) is 0.310. The zero-order valence-electron chi connectivity index (χ0n) is 5.13. The second-order valence-electron chi connectivity index (χ2n) is 1.88. The smallest absolute Gasteiger partial charge is 0.258 e. The van der Waals surface area contributed by atoms with Crippen molar-refractivity contribution in [2.45, 2.75) is 0 Å². The molecule has 0 aliphatic carbocycles. The standard InChI is InChI=1S/C7H5NO2/c8-4-5-1-6(9)3-7(10)2-5/h1-3,9-10H/p+1. The van der Waals surface area contributed by atoms with E-state index in [0.717, 1.165) is 0 Å². The van der Waals surface area contributed by atoms with Crippen LogP contribution in [0.1, 0.15) is 5.56 Å². The van der Waals surface area contributed by atoms with E-state index in [0.29, 0.717) is 5.56 Å². The molecule has 0 aliphatic rings. The fraction of sp³-hybridized carbons (Fsp3) is 0. The van der Waals surface area contributed by atoms with Crippen LogP contribution in [0, 0.1) is 11.3 Å². The first-order valence-corrected chi connectivity index (χ1v) is 2.68. The molecule has 1 aromatic rings. The molecule has 0 spiro atoms. The van der Waals surface area contributed by atoms with Crippen molar-refractivity contribution in [3.63, 3.8) is 0 Å². The molecule has 0 bridgehead atoms. The Kier molecular flexibility index (Phi) is 1.46. The van der Waals surface area contributed by atoms with E-state index >= 15 is 0 Å². The minimum atomic E-state index is -0.0379. The summed E-state index contributed by atoms with van der Waals surface area (Å²) < 4.78 is 0. The molecule has 1 aromatic carbocycles. The number of phenols is 1. The average molecular weight is 136 g/mol. The van der Waals surface area contributed by atoms with Crippen molar-refractivity contribution >= 4 is 0 Å². The molecule has 10 heavy (non-hydrogen) atoms. The minimum absolute atomic E-state index is 0.0379. The summed E-state index contributed by atoms with van der Waals surface area (Å²) in [7, 11) is 0. The largest absolute Gasteiger partial charge is 0.593 e. The molecule has 50 valence electrons. The third-order valence-corrected chi connectivity index (χ3v) is 1.05. The maximum absolute atomic E-state index is 8.85. The first kappa shape index (κ1) is 6.43. The Hall–Kier alpha value is -1.69. The summed E-state index contributed by atoms with van der Waals surface area (Å²) in [5.74, 6) is 0.112. The van der Waals surface area contributed by atoms with E-state index in [1.807, 2.05) is 6.07 Å². The molecule has 3 nitrogen and oxygen atoms in total. The van der Waals surface area contributed by atoms with E-state index in [4.69, 9.17) is 15.5 Å². The van der Waals surface area contributed by atoms with Crippen LogP contribution >= 0.6 is 0 Å². The Balaban J connectivity index is 3.22. The second-order valence-corrected chi connectivity index (χ2v) is 1.88. The molecule has 3 heteroatoms. The highest BCUT2D eigenvalue weighted by atomic mass is 16.3. The number of rotatable bonds is 0. The summed E-state index contributed by atoms with van der Waals surface area (Å²) >= 11 is 0. The Morgan fingerprint density at radius 3 is 2.60 bits per heavy atom. The Bertz CT molecular complexity index is 268. The minimum Gasteiger partial charge on any atom is -0.593 e. The predicted molar refractivity (Wildman–Crippen MR) is 35.9 cm³/mol. The van der Waals surface area contributed by atoms with Crippen molar-refractivity contribution < 1.29 is 10.2 Å². The van der Waals surface area contributed by atoms with Gasteiger partial charge >= 0.3 is 0 Å². The number of hydrogen-bond donors (Lipinski definition) is 1. The number of benzene rings is 1. The van der Waals surface area contributed by atoms with Crippen LogP contribution in [0.25, 0.3) is 0 Å². The summed E-state index contributed by atoms with van der Waals surface area (Å²) in [6.45, 7) is 0. The fourth-order valence-corrected chi connectivity index (χ4v) is 0.676. The Morgan fingerprint density at radius 1 is 1.40 bits per heavy atom. The number of nitrogens with zero attached hydrogens (tertiary/aromatic N) is 1. The lowest BCUT2D eigenvalue weighted by molar-refractivity contribution is 0.450. The molecule has 3 N–H and O–H groups in total. The summed E-state index contributed by atoms with van der Waals surface area (Å²) in [6, 6.07) is 5.81. The van der Waals surface area contributed by atoms with E-state index in [1.165, 1.54) is 18.2 Å². The van der Waals surface area contributed by atoms with Crippen LogP contribution in [0.15, 0.2) is 18.2 Å². The van der Waals surface area contributed by atoms with Crippen LogP contribution < -0.4 is 0 Å². The van der Waals surface area contributed by atoms with E-state index in [-0.39, 0.29) is 11.5 Å². The molecule has 0 aliphatic heterocycles. The maximum atomic E-state index is 8.85. The van der Waals surface area contributed by atoms with Gasteiger partial charge in [-0.2, -0.15) is 5.26 Å². The van der Waals surface area contributed by atoms with Crippen molar-refractivity contribution in [1.82, 2.24) is 0 Å². The summed E-state index contributed by atoms with van der Waals surface area (Å²) in [6.07, 6.45) is 0. The van der Waals surface area contributed by atoms with Crippen LogP contribution in [-0.4, -0.2) is 10.2 Å². The third-order valence-electron chi connectivity index (χ3n) is 1.05. The lowest BCUT2D eigenvalue weighted by Gasteiger charge is -1.90.